The molecule has 0 amide bonds. The molecule has 1 aromatic rings. The zero-order valence-electron chi connectivity index (χ0n) is 9.24. The minimum absolute atomic E-state index is 0.174. The Kier molecular flexibility index (Phi) is 2.84. The Morgan fingerprint density at radius 2 is 2.00 bits per heavy atom. The van der Waals surface area contributed by atoms with Gasteiger partial charge in [0.05, 0.1) is 17.0 Å². The summed E-state index contributed by atoms with van der Waals surface area (Å²) in [4.78, 5) is 11.4. The van der Waals surface area contributed by atoms with Gasteiger partial charge in [0.25, 0.3) is 0 Å². The summed E-state index contributed by atoms with van der Waals surface area (Å²) in [7, 11) is 0. The van der Waals surface area contributed by atoms with Crippen LogP contribution in [0, 0.1) is 17.1 Å². The van der Waals surface area contributed by atoms with Crippen LogP contribution >= 0.6 is 0 Å². The molecule has 2 rings (SSSR count). The normalized spacial score (nSPS) is 17.6. The van der Waals surface area contributed by atoms with E-state index < -0.39 is 17.2 Å². The fourth-order valence-corrected chi connectivity index (χ4v) is 2.54. The van der Waals surface area contributed by atoms with Crippen molar-refractivity contribution in [3.8, 4) is 6.07 Å². The van der Waals surface area contributed by atoms with Crippen LogP contribution < -0.4 is 0 Å². The molecule has 1 aromatic carbocycles. The van der Waals surface area contributed by atoms with Crippen LogP contribution in [0.3, 0.4) is 0 Å². The molecule has 1 fully saturated rings. The quantitative estimate of drug-likeness (QED) is 0.854. The highest BCUT2D eigenvalue weighted by Gasteiger charge is 2.43. The number of aliphatic carboxylic acids is 1. The maximum atomic E-state index is 13.4. The van der Waals surface area contributed by atoms with Gasteiger partial charge in [-0.1, -0.05) is 12.8 Å². The van der Waals surface area contributed by atoms with Gasteiger partial charge in [-0.25, -0.2) is 4.39 Å². The Balaban J connectivity index is 2.55. The molecular weight excluding hydrogens is 221 g/mol. The molecule has 1 aliphatic carbocycles. The number of hydrogen-bond acceptors (Lipinski definition) is 2. The number of rotatable bonds is 2. The van der Waals surface area contributed by atoms with E-state index in [1.807, 2.05) is 6.07 Å². The molecule has 1 aliphatic rings. The lowest BCUT2D eigenvalue weighted by Crippen LogP contribution is -2.32. The molecule has 1 saturated carbocycles. The molecular formula is C13H12FNO2. The van der Waals surface area contributed by atoms with Crippen molar-refractivity contribution in [3.05, 3.63) is 35.1 Å². The molecule has 0 bridgehead atoms. The summed E-state index contributed by atoms with van der Waals surface area (Å²) in [5.74, 6) is -1.48. The van der Waals surface area contributed by atoms with Gasteiger partial charge >= 0.3 is 5.97 Å². The third kappa shape index (κ3) is 1.89. The highest BCUT2D eigenvalue weighted by atomic mass is 19.1. The van der Waals surface area contributed by atoms with Crippen LogP contribution in [-0.4, -0.2) is 11.1 Å². The van der Waals surface area contributed by atoms with Crippen molar-refractivity contribution < 1.29 is 14.3 Å². The van der Waals surface area contributed by atoms with E-state index in [1.54, 1.807) is 0 Å². The minimum atomic E-state index is -1.01. The van der Waals surface area contributed by atoms with Gasteiger partial charge in [0, 0.05) is 0 Å². The molecule has 0 spiro atoms. The van der Waals surface area contributed by atoms with Crippen molar-refractivity contribution >= 4 is 5.97 Å². The fourth-order valence-electron chi connectivity index (χ4n) is 2.54. The second-order valence-corrected chi connectivity index (χ2v) is 4.43. The zero-order chi connectivity index (χ0) is 12.5. The number of carboxylic acid groups (broad SMARTS) is 1. The summed E-state index contributed by atoms with van der Waals surface area (Å²) < 4.78 is 13.4. The first-order valence-corrected chi connectivity index (χ1v) is 5.53. The lowest BCUT2D eigenvalue weighted by Gasteiger charge is -2.24. The lowest BCUT2D eigenvalue weighted by atomic mass is 9.78. The number of carboxylic acids is 1. The average molecular weight is 233 g/mol. The van der Waals surface area contributed by atoms with Gasteiger partial charge in [-0.3, -0.25) is 4.79 Å². The van der Waals surface area contributed by atoms with Crippen molar-refractivity contribution in [2.45, 2.75) is 31.1 Å². The standard InChI is InChI=1S/C13H12FNO2/c14-11-6-9(8-15)5-10(7-11)13(12(16)17)3-1-2-4-13/h5-7H,1-4H2,(H,16,17). The smallest absolute Gasteiger partial charge is 0.314 e. The summed E-state index contributed by atoms with van der Waals surface area (Å²) in [6, 6.07) is 5.70. The van der Waals surface area contributed by atoms with Crippen LogP contribution in [0.5, 0.6) is 0 Å². The van der Waals surface area contributed by atoms with Crippen LogP contribution in [0.1, 0.15) is 36.8 Å². The molecule has 4 heteroatoms. The van der Waals surface area contributed by atoms with Crippen LogP contribution in [0.15, 0.2) is 18.2 Å². The molecule has 0 aromatic heterocycles. The summed E-state index contributed by atoms with van der Waals surface area (Å²) in [6.07, 6.45) is 2.67. The SMILES string of the molecule is N#Cc1cc(F)cc(C2(C(=O)O)CCCC2)c1. The summed E-state index contributed by atoms with van der Waals surface area (Å²) >= 11 is 0. The monoisotopic (exact) mass is 233 g/mol. The molecule has 1 N–H and O–H groups in total. The first-order valence-electron chi connectivity index (χ1n) is 5.53. The molecule has 3 nitrogen and oxygen atoms in total. The summed E-state index contributed by atoms with van der Waals surface area (Å²) in [6.45, 7) is 0. The zero-order valence-corrected chi connectivity index (χ0v) is 9.24. The molecule has 0 saturated heterocycles. The number of halogens is 1. The summed E-state index contributed by atoms with van der Waals surface area (Å²) in [5.41, 5.74) is -0.417. The van der Waals surface area contributed by atoms with E-state index in [-0.39, 0.29) is 5.56 Å². The molecule has 0 heterocycles. The fraction of sp³-hybridized carbons (Fsp3) is 0.385. The highest BCUT2D eigenvalue weighted by Crippen LogP contribution is 2.41. The highest BCUT2D eigenvalue weighted by molar-refractivity contribution is 5.82. The predicted octanol–water partition coefficient (Wildman–Crippen LogP) is 2.59. The first-order chi connectivity index (χ1) is 8.08. The van der Waals surface area contributed by atoms with Gasteiger partial charge < -0.3 is 5.11 Å². The molecule has 17 heavy (non-hydrogen) atoms. The largest absolute Gasteiger partial charge is 0.481 e. The van der Waals surface area contributed by atoms with Crippen LogP contribution in [0.25, 0.3) is 0 Å². The van der Waals surface area contributed by atoms with E-state index in [9.17, 15) is 14.3 Å². The molecule has 0 aliphatic heterocycles. The van der Waals surface area contributed by atoms with E-state index in [2.05, 4.69) is 0 Å². The van der Waals surface area contributed by atoms with E-state index in [4.69, 9.17) is 5.26 Å². The third-order valence-corrected chi connectivity index (χ3v) is 3.45. The van der Waals surface area contributed by atoms with Gasteiger partial charge in [-0.2, -0.15) is 5.26 Å². The Bertz CT molecular complexity index is 499. The minimum Gasteiger partial charge on any atom is -0.481 e. The van der Waals surface area contributed by atoms with E-state index in [0.717, 1.165) is 18.9 Å². The van der Waals surface area contributed by atoms with Crippen molar-refractivity contribution in [3.63, 3.8) is 0 Å². The van der Waals surface area contributed by atoms with Crippen LogP contribution in [0.2, 0.25) is 0 Å². The van der Waals surface area contributed by atoms with Gasteiger partial charge in [0.1, 0.15) is 5.82 Å². The Hall–Kier alpha value is -1.89. The van der Waals surface area contributed by atoms with Gasteiger partial charge in [-0.15, -0.1) is 0 Å². The van der Waals surface area contributed by atoms with Crippen LogP contribution in [-0.2, 0) is 10.2 Å². The second-order valence-electron chi connectivity index (χ2n) is 4.43. The average Bonchev–Trinajstić information content (AvgIpc) is 2.78. The number of hydrogen-bond donors (Lipinski definition) is 1. The summed E-state index contributed by atoms with van der Waals surface area (Å²) in [5, 5.41) is 18.2. The van der Waals surface area contributed by atoms with Gasteiger partial charge in [-0.05, 0) is 36.6 Å². The van der Waals surface area contributed by atoms with Crippen molar-refractivity contribution in [2.24, 2.45) is 0 Å². The van der Waals surface area contributed by atoms with E-state index in [1.165, 1.54) is 12.1 Å². The van der Waals surface area contributed by atoms with Gasteiger partial charge in [0.2, 0.25) is 0 Å². The maximum absolute atomic E-state index is 13.4. The number of nitriles is 1. The molecule has 0 radical (unpaired) electrons. The Morgan fingerprint density at radius 3 is 2.53 bits per heavy atom. The number of nitrogens with zero attached hydrogens (tertiary/aromatic N) is 1. The maximum Gasteiger partial charge on any atom is 0.314 e. The number of benzene rings is 1. The Labute approximate surface area is 98.5 Å². The van der Waals surface area contributed by atoms with Crippen LogP contribution in [0.4, 0.5) is 4.39 Å². The molecule has 88 valence electrons. The van der Waals surface area contributed by atoms with Crippen molar-refractivity contribution in [1.29, 1.82) is 5.26 Å². The Morgan fingerprint density at radius 1 is 1.35 bits per heavy atom. The van der Waals surface area contributed by atoms with Crippen molar-refractivity contribution in [1.82, 2.24) is 0 Å². The lowest BCUT2D eigenvalue weighted by molar-refractivity contribution is -0.143. The van der Waals surface area contributed by atoms with Gasteiger partial charge in [0.15, 0.2) is 0 Å². The van der Waals surface area contributed by atoms with E-state index in [0.29, 0.717) is 18.4 Å². The number of carbonyl (C=O) groups is 1. The van der Waals surface area contributed by atoms with E-state index >= 15 is 0 Å². The third-order valence-electron chi connectivity index (χ3n) is 3.45. The second kappa shape index (κ2) is 4.17. The first kappa shape index (κ1) is 11.6. The molecule has 0 unspecified atom stereocenters. The topological polar surface area (TPSA) is 61.1 Å². The van der Waals surface area contributed by atoms with Crippen molar-refractivity contribution in [2.75, 3.05) is 0 Å². The molecule has 0 atom stereocenters. The predicted molar refractivity (Wildman–Crippen MR) is 58.9 cm³/mol.